The Morgan fingerprint density at radius 3 is 2.21 bits per heavy atom. The number of para-hydroxylation sites is 1. The molecule has 3 aromatic carbocycles. The van der Waals surface area contributed by atoms with Crippen LogP contribution < -0.4 is 15.4 Å². The Kier molecular flexibility index (Phi) is 8.27. The highest BCUT2D eigenvalue weighted by Gasteiger charge is 2.25. The van der Waals surface area contributed by atoms with E-state index in [4.69, 9.17) is 4.74 Å². The zero-order valence-corrected chi connectivity index (χ0v) is 21.7. The molecule has 2 N–H and O–H groups in total. The Morgan fingerprint density at radius 2 is 1.50 bits per heavy atom. The quantitative estimate of drug-likeness (QED) is 0.321. The van der Waals surface area contributed by atoms with Gasteiger partial charge in [-0.25, -0.2) is 4.98 Å². The van der Waals surface area contributed by atoms with Crippen molar-refractivity contribution in [3.8, 4) is 11.5 Å². The van der Waals surface area contributed by atoms with Gasteiger partial charge < -0.3 is 20.3 Å². The number of carbonyl (C=O) groups excluding carboxylic acids is 2. The van der Waals surface area contributed by atoms with Crippen molar-refractivity contribution < 1.29 is 14.3 Å². The second-order valence-corrected chi connectivity index (χ2v) is 9.79. The van der Waals surface area contributed by atoms with Crippen molar-refractivity contribution in [1.29, 1.82) is 0 Å². The van der Waals surface area contributed by atoms with Crippen molar-refractivity contribution >= 4 is 34.0 Å². The molecular formula is C29H29N5O3S. The number of benzene rings is 3. The number of thiazole rings is 1. The number of piperazine rings is 1. The molecule has 4 aromatic rings. The van der Waals surface area contributed by atoms with Crippen molar-refractivity contribution in [3.05, 3.63) is 102 Å². The number of nitrogens with one attached hydrogen (secondary N) is 2. The van der Waals surface area contributed by atoms with Crippen molar-refractivity contribution in [2.75, 3.05) is 43.4 Å². The van der Waals surface area contributed by atoms with Crippen LogP contribution in [0.1, 0.15) is 16.1 Å². The largest absolute Gasteiger partial charge is 0.457 e. The summed E-state index contributed by atoms with van der Waals surface area (Å²) in [6.45, 7) is 3.31. The van der Waals surface area contributed by atoms with Gasteiger partial charge in [0.2, 0.25) is 5.91 Å². The highest BCUT2D eigenvalue weighted by atomic mass is 32.1. The van der Waals surface area contributed by atoms with Gasteiger partial charge in [-0.05, 0) is 42.0 Å². The molecule has 0 unspecified atom stereocenters. The number of amides is 2. The van der Waals surface area contributed by atoms with Gasteiger partial charge in [0.25, 0.3) is 5.91 Å². The molecule has 1 fully saturated rings. The zero-order valence-electron chi connectivity index (χ0n) is 20.9. The van der Waals surface area contributed by atoms with E-state index in [2.05, 4.69) is 20.5 Å². The van der Waals surface area contributed by atoms with E-state index >= 15 is 0 Å². The van der Waals surface area contributed by atoms with Gasteiger partial charge in [0.05, 0.1) is 6.54 Å². The number of ether oxygens (including phenoxy) is 1. The second-order valence-electron chi connectivity index (χ2n) is 8.93. The summed E-state index contributed by atoms with van der Waals surface area (Å²) in [6.07, 6.45) is 0. The van der Waals surface area contributed by atoms with Crippen LogP contribution in [0.25, 0.3) is 0 Å². The van der Waals surface area contributed by atoms with E-state index in [1.807, 2.05) is 84.9 Å². The van der Waals surface area contributed by atoms with E-state index < -0.39 is 0 Å². The van der Waals surface area contributed by atoms with Crippen LogP contribution in [0, 0.1) is 0 Å². The average Bonchev–Trinajstić information content (AvgIpc) is 3.43. The zero-order chi connectivity index (χ0) is 26.2. The lowest BCUT2D eigenvalue weighted by molar-refractivity contribution is -0.117. The van der Waals surface area contributed by atoms with Crippen molar-refractivity contribution in [1.82, 2.24) is 14.8 Å². The maximum Gasteiger partial charge on any atom is 0.273 e. The molecule has 0 radical (unpaired) electrons. The maximum atomic E-state index is 12.9. The van der Waals surface area contributed by atoms with Crippen LogP contribution >= 0.6 is 11.3 Å². The molecule has 8 nitrogen and oxygen atoms in total. The lowest BCUT2D eigenvalue weighted by Crippen LogP contribution is -2.50. The van der Waals surface area contributed by atoms with Crippen LogP contribution in [0.15, 0.2) is 90.3 Å². The highest BCUT2D eigenvalue weighted by molar-refractivity contribution is 7.13. The second kappa shape index (κ2) is 12.4. The van der Waals surface area contributed by atoms with Crippen LogP contribution in [-0.2, 0) is 11.3 Å². The summed E-state index contributed by atoms with van der Waals surface area (Å²) in [7, 11) is 0. The smallest absolute Gasteiger partial charge is 0.273 e. The summed E-state index contributed by atoms with van der Waals surface area (Å²) in [5, 5.41) is 8.74. The summed E-state index contributed by atoms with van der Waals surface area (Å²) in [4.78, 5) is 33.8. The normalized spacial score (nSPS) is 13.6. The summed E-state index contributed by atoms with van der Waals surface area (Å²) >= 11 is 1.43. The van der Waals surface area contributed by atoms with Gasteiger partial charge in [-0.15, -0.1) is 11.3 Å². The summed E-state index contributed by atoms with van der Waals surface area (Å²) in [6, 6.07) is 26.9. The number of hydrogen-bond acceptors (Lipinski definition) is 7. The molecule has 0 aliphatic carbocycles. The first-order valence-corrected chi connectivity index (χ1v) is 13.4. The predicted octanol–water partition coefficient (Wildman–Crippen LogP) is 4.94. The standard InChI is InChI=1S/C29H29N5O3S/c35-27(31-23-11-13-25(14-12-23)37-24-9-5-2-6-10-24)20-33-15-17-34(18-16-33)28(36)26-21-38-29(32-26)30-19-22-7-3-1-4-8-22/h1-14,21H,15-20H2,(H,30,32)(H,31,35). The SMILES string of the molecule is O=C(CN1CCN(C(=O)c2csc(NCc3ccccc3)n2)CC1)Nc1ccc(Oc2ccccc2)cc1. The van der Waals surface area contributed by atoms with Gasteiger partial charge in [-0.3, -0.25) is 14.5 Å². The third-order valence-electron chi connectivity index (χ3n) is 6.15. The Labute approximate surface area is 225 Å². The molecule has 0 spiro atoms. The maximum absolute atomic E-state index is 12.9. The number of carbonyl (C=O) groups is 2. The Hall–Kier alpha value is -4.21. The average molecular weight is 528 g/mol. The van der Waals surface area contributed by atoms with Crippen LogP contribution in [0.4, 0.5) is 10.8 Å². The lowest BCUT2D eigenvalue weighted by Gasteiger charge is -2.33. The first kappa shape index (κ1) is 25.4. The number of rotatable bonds is 9. The monoisotopic (exact) mass is 527 g/mol. The van der Waals surface area contributed by atoms with Crippen LogP contribution in [-0.4, -0.2) is 59.3 Å². The third kappa shape index (κ3) is 6.96. The van der Waals surface area contributed by atoms with E-state index in [-0.39, 0.29) is 18.4 Å². The summed E-state index contributed by atoms with van der Waals surface area (Å²) in [5.41, 5.74) is 2.32. The summed E-state index contributed by atoms with van der Waals surface area (Å²) in [5.74, 6) is 1.30. The van der Waals surface area contributed by atoms with Crippen LogP contribution in [0.3, 0.4) is 0 Å². The minimum absolute atomic E-state index is 0.0732. The number of hydrogen-bond donors (Lipinski definition) is 2. The first-order chi connectivity index (χ1) is 18.6. The number of anilines is 2. The summed E-state index contributed by atoms with van der Waals surface area (Å²) < 4.78 is 5.79. The van der Waals surface area contributed by atoms with Gasteiger partial charge >= 0.3 is 0 Å². The Bertz CT molecular complexity index is 1340. The molecule has 194 valence electrons. The van der Waals surface area contributed by atoms with Gasteiger partial charge in [0.1, 0.15) is 17.2 Å². The molecule has 1 aliphatic heterocycles. The van der Waals surface area contributed by atoms with E-state index in [9.17, 15) is 9.59 Å². The van der Waals surface area contributed by atoms with Crippen LogP contribution in [0.2, 0.25) is 0 Å². The highest BCUT2D eigenvalue weighted by Crippen LogP contribution is 2.23. The molecule has 5 rings (SSSR count). The molecule has 2 heterocycles. The van der Waals surface area contributed by atoms with E-state index in [1.165, 1.54) is 11.3 Å². The van der Waals surface area contributed by atoms with Crippen molar-refractivity contribution in [3.63, 3.8) is 0 Å². The molecule has 0 atom stereocenters. The molecule has 2 amide bonds. The van der Waals surface area contributed by atoms with E-state index in [0.717, 1.165) is 16.4 Å². The number of nitrogens with zero attached hydrogens (tertiary/aromatic N) is 3. The molecule has 0 bridgehead atoms. The van der Waals surface area contributed by atoms with E-state index in [1.54, 1.807) is 10.3 Å². The Morgan fingerprint density at radius 1 is 0.842 bits per heavy atom. The number of aromatic nitrogens is 1. The predicted molar refractivity (Wildman–Crippen MR) is 150 cm³/mol. The van der Waals surface area contributed by atoms with E-state index in [0.29, 0.717) is 49.9 Å². The molecular weight excluding hydrogens is 498 g/mol. The molecule has 1 saturated heterocycles. The first-order valence-electron chi connectivity index (χ1n) is 12.5. The topological polar surface area (TPSA) is 86.8 Å². The molecule has 0 saturated carbocycles. The fourth-order valence-corrected chi connectivity index (χ4v) is 4.82. The lowest BCUT2D eigenvalue weighted by atomic mass is 10.2. The van der Waals surface area contributed by atoms with Gasteiger partial charge in [-0.1, -0.05) is 48.5 Å². The third-order valence-corrected chi connectivity index (χ3v) is 6.95. The molecule has 1 aliphatic rings. The fraction of sp³-hybridized carbons (Fsp3) is 0.207. The Balaban J connectivity index is 1.04. The van der Waals surface area contributed by atoms with Gasteiger partial charge in [0.15, 0.2) is 5.13 Å². The molecule has 9 heteroatoms. The fourth-order valence-electron chi connectivity index (χ4n) is 4.13. The molecule has 1 aromatic heterocycles. The van der Waals surface area contributed by atoms with Crippen molar-refractivity contribution in [2.24, 2.45) is 0 Å². The van der Waals surface area contributed by atoms with Crippen LogP contribution in [0.5, 0.6) is 11.5 Å². The van der Waals surface area contributed by atoms with Gasteiger partial charge in [-0.2, -0.15) is 0 Å². The minimum Gasteiger partial charge on any atom is -0.457 e. The molecule has 38 heavy (non-hydrogen) atoms. The van der Waals surface area contributed by atoms with Crippen molar-refractivity contribution in [2.45, 2.75) is 6.54 Å². The van der Waals surface area contributed by atoms with Gasteiger partial charge in [0, 0.05) is 43.8 Å². The minimum atomic E-state index is -0.0878.